The summed E-state index contributed by atoms with van der Waals surface area (Å²) in [5.41, 5.74) is 0.907. The largest absolute Gasteiger partial charge is 0.313 e. The molecule has 0 amide bonds. The van der Waals surface area contributed by atoms with E-state index in [-0.39, 0.29) is 16.8 Å². The van der Waals surface area contributed by atoms with E-state index in [1.54, 1.807) is 30.3 Å². The van der Waals surface area contributed by atoms with E-state index in [1.165, 1.54) is 6.20 Å². The van der Waals surface area contributed by atoms with Crippen LogP contribution in [0.2, 0.25) is 0 Å². The monoisotopic (exact) mass is 369 g/mol. The topological polar surface area (TPSA) is 71.1 Å². The summed E-state index contributed by atoms with van der Waals surface area (Å²) in [6.45, 7) is 1.97. The summed E-state index contributed by atoms with van der Waals surface area (Å²) in [6, 6.07) is 10.2. The lowest BCUT2D eigenvalue weighted by Gasteiger charge is -2.13. The number of hydrogen-bond donors (Lipinski definition) is 2. The van der Waals surface area contributed by atoms with Crippen molar-refractivity contribution in [2.24, 2.45) is 0 Å². The van der Waals surface area contributed by atoms with Crippen molar-refractivity contribution in [3.05, 3.63) is 52.6 Å². The number of benzene rings is 1. The van der Waals surface area contributed by atoms with Crippen LogP contribution >= 0.6 is 15.9 Å². The number of anilines is 1. The first kappa shape index (κ1) is 15.9. The number of halogens is 1. The molecule has 0 spiro atoms. The van der Waals surface area contributed by atoms with Crippen molar-refractivity contribution >= 4 is 31.8 Å². The van der Waals surface area contributed by atoms with Crippen LogP contribution in [0.25, 0.3) is 0 Å². The first-order valence-corrected chi connectivity index (χ1v) is 8.61. The summed E-state index contributed by atoms with van der Waals surface area (Å²) in [5, 5.41) is 3.08. The van der Waals surface area contributed by atoms with Crippen LogP contribution in [0.15, 0.2) is 52.0 Å². The van der Waals surface area contributed by atoms with Crippen molar-refractivity contribution in [1.29, 1.82) is 0 Å². The summed E-state index contributed by atoms with van der Waals surface area (Å²) < 4.78 is 28.0. The average Bonchev–Trinajstić information content (AvgIpc) is 2.49. The van der Waals surface area contributed by atoms with Gasteiger partial charge in [-0.1, -0.05) is 12.1 Å². The van der Waals surface area contributed by atoms with Gasteiger partial charge in [0.1, 0.15) is 5.82 Å². The molecule has 0 saturated carbocycles. The number of pyridine rings is 1. The zero-order valence-electron chi connectivity index (χ0n) is 11.7. The minimum Gasteiger partial charge on any atom is -0.313 e. The molecule has 112 valence electrons. The quantitative estimate of drug-likeness (QED) is 0.849. The van der Waals surface area contributed by atoms with Crippen LogP contribution in [0.4, 0.5) is 5.82 Å². The molecule has 0 aliphatic rings. The van der Waals surface area contributed by atoms with Crippen molar-refractivity contribution in [2.45, 2.75) is 17.9 Å². The molecule has 21 heavy (non-hydrogen) atoms. The molecule has 1 aromatic carbocycles. The van der Waals surface area contributed by atoms with E-state index in [0.717, 1.165) is 10.0 Å². The zero-order valence-corrected chi connectivity index (χ0v) is 14.1. The Balaban J connectivity index is 2.29. The number of hydrogen-bond acceptors (Lipinski definition) is 4. The van der Waals surface area contributed by atoms with Crippen LogP contribution in [0.3, 0.4) is 0 Å². The van der Waals surface area contributed by atoms with Crippen molar-refractivity contribution in [3.63, 3.8) is 0 Å². The van der Waals surface area contributed by atoms with E-state index in [0.29, 0.717) is 0 Å². The Morgan fingerprint density at radius 1 is 1.24 bits per heavy atom. The summed E-state index contributed by atoms with van der Waals surface area (Å²) in [7, 11) is -1.82. The van der Waals surface area contributed by atoms with Crippen molar-refractivity contribution in [2.75, 3.05) is 11.8 Å². The number of sulfonamides is 1. The third kappa shape index (κ3) is 4.03. The van der Waals surface area contributed by atoms with E-state index in [2.05, 4.69) is 31.0 Å². The van der Waals surface area contributed by atoms with Crippen LogP contribution in [0.5, 0.6) is 0 Å². The highest BCUT2D eigenvalue weighted by Crippen LogP contribution is 2.20. The second-order valence-corrected chi connectivity index (χ2v) is 7.15. The Kier molecular flexibility index (Phi) is 4.97. The van der Waals surface area contributed by atoms with Gasteiger partial charge in [0, 0.05) is 16.7 Å². The van der Waals surface area contributed by atoms with Crippen molar-refractivity contribution < 1.29 is 8.42 Å². The highest BCUT2D eigenvalue weighted by atomic mass is 79.9. The number of aromatic nitrogens is 1. The molecule has 0 saturated heterocycles. The van der Waals surface area contributed by atoms with Gasteiger partial charge in [0.15, 0.2) is 0 Å². The van der Waals surface area contributed by atoms with Gasteiger partial charge in [0.05, 0.1) is 4.90 Å². The standard InChI is InChI=1S/C14H16BrN3O2S/c1-10(16-2)11-4-3-5-13(8-11)21(19,20)18-14-7-6-12(15)9-17-14/h3-10,16H,1-2H3,(H,17,18). The SMILES string of the molecule is CNC(C)c1cccc(S(=O)(=O)Nc2ccc(Br)cn2)c1. The molecule has 0 aliphatic heterocycles. The molecule has 2 rings (SSSR count). The van der Waals surface area contributed by atoms with Crippen molar-refractivity contribution in [3.8, 4) is 0 Å². The predicted octanol–water partition coefficient (Wildman–Crippen LogP) is 2.93. The molecule has 0 radical (unpaired) electrons. The highest BCUT2D eigenvalue weighted by molar-refractivity contribution is 9.10. The third-order valence-corrected chi connectivity index (χ3v) is 4.89. The number of nitrogens with one attached hydrogen (secondary N) is 2. The maximum Gasteiger partial charge on any atom is 0.263 e. The molecular formula is C14H16BrN3O2S. The summed E-state index contributed by atoms with van der Waals surface area (Å²) in [4.78, 5) is 4.23. The maximum absolute atomic E-state index is 12.4. The Morgan fingerprint density at radius 3 is 2.62 bits per heavy atom. The fourth-order valence-corrected chi connectivity index (χ4v) is 3.05. The van der Waals surface area contributed by atoms with Crippen LogP contribution in [0.1, 0.15) is 18.5 Å². The van der Waals surface area contributed by atoms with Gasteiger partial charge in [-0.05, 0) is 59.7 Å². The zero-order chi connectivity index (χ0) is 15.5. The summed E-state index contributed by atoms with van der Waals surface area (Å²) in [6.07, 6.45) is 1.54. The molecule has 1 aromatic heterocycles. The van der Waals surface area contributed by atoms with E-state index in [9.17, 15) is 8.42 Å². The number of rotatable bonds is 5. The molecule has 1 atom stereocenters. The lowest BCUT2D eigenvalue weighted by Crippen LogP contribution is -2.16. The Hall–Kier alpha value is -1.44. The minimum atomic E-state index is -3.65. The van der Waals surface area contributed by atoms with E-state index < -0.39 is 10.0 Å². The fraction of sp³-hybridized carbons (Fsp3) is 0.214. The van der Waals surface area contributed by atoms with Gasteiger partial charge in [0.2, 0.25) is 0 Å². The molecule has 5 nitrogen and oxygen atoms in total. The molecule has 1 heterocycles. The summed E-state index contributed by atoms with van der Waals surface area (Å²) in [5.74, 6) is 0.283. The van der Waals surface area contributed by atoms with E-state index in [1.807, 2.05) is 20.0 Å². The van der Waals surface area contributed by atoms with Gasteiger partial charge in [-0.15, -0.1) is 0 Å². The smallest absolute Gasteiger partial charge is 0.263 e. The Morgan fingerprint density at radius 2 is 2.00 bits per heavy atom. The normalized spacial score (nSPS) is 12.9. The van der Waals surface area contributed by atoms with E-state index in [4.69, 9.17) is 0 Å². The Bertz CT molecular complexity index is 717. The second kappa shape index (κ2) is 6.55. The molecule has 0 aliphatic carbocycles. The van der Waals surface area contributed by atoms with Gasteiger partial charge in [-0.25, -0.2) is 13.4 Å². The maximum atomic E-state index is 12.4. The first-order chi connectivity index (χ1) is 9.92. The van der Waals surface area contributed by atoms with Crippen LogP contribution < -0.4 is 10.0 Å². The molecule has 2 N–H and O–H groups in total. The summed E-state index contributed by atoms with van der Waals surface area (Å²) >= 11 is 3.26. The van der Waals surface area contributed by atoms with Gasteiger partial charge in [-0.2, -0.15) is 0 Å². The number of nitrogens with zero attached hydrogens (tertiary/aromatic N) is 1. The van der Waals surface area contributed by atoms with Crippen LogP contribution in [0, 0.1) is 0 Å². The molecule has 1 unspecified atom stereocenters. The van der Waals surface area contributed by atoms with Crippen LogP contribution in [-0.4, -0.2) is 20.4 Å². The fourth-order valence-electron chi connectivity index (χ4n) is 1.75. The molecular weight excluding hydrogens is 354 g/mol. The van der Waals surface area contributed by atoms with Gasteiger partial charge in [0.25, 0.3) is 10.0 Å². The van der Waals surface area contributed by atoms with Crippen molar-refractivity contribution in [1.82, 2.24) is 10.3 Å². The minimum absolute atomic E-state index is 0.0750. The average molecular weight is 370 g/mol. The van der Waals surface area contributed by atoms with Gasteiger partial charge in [-0.3, -0.25) is 4.72 Å². The first-order valence-electron chi connectivity index (χ1n) is 6.34. The molecule has 2 aromatic rings. The third-order valence-electron chi connectivity index (χ3n) is 3.07. The lowest BCUT2D eigenvalue weighted by atomic mass is 10.1. The highest BCUT2D eigenvalue weighted by Gasteiger charge is 2.16. The predicted molar refractivity (Wildman–Crippen MR) is 86.7 cm³/mol. The van der Waals surface area contributed by atoms with Crippen LogP contribution in [-0.2, 0) is 10.0 Å². The Labute approximate surface area is 133 Å². The van der Waals surface area contributed by atoms with Gasteiger partial charge >= 0.3 is 0 Å². The second-order valence-electron chi connectivity index (χ2n) is 4.55. The van der Waals surface area contributed by atoms with E-state index >= 15 is 0 Å². The molecule has 7 heteroatoms. The van der Waals surface area contributed by atoms with Gasteiger partial charge < -0.3 is 5.32 Å². The molecule has 0 bridgehead atoms. The molecule has 0 fully saturated rings. The lowest BCUT2D eigenvalue weighted by molar-refractivity contribution is 0.600.